The van der Waals surface area contributed by atoms with Gasteiger partial charge in [0.05, 0.1) is 6.61 Å². The van der Waals surface area contributed by atoms with Gasteiger partial charge in [0, 0.05) is 0 Å². The molecule has 1 aromatic heterocycles. The zero-order valence-corrected chi connectivity index (χ0v) is 11.8. The van der Waals surface area contributed by atoms with E-state index in [0.29, 0.717) is 34.5 Å². The van der Waals surface area contributed by atoms with Gasteiger partial charge in [-0.1, -0.05) is 42.0 Å². The van der Waals surface area contributed by atoms with Crippen molar-refractivity contribution in [3.05, 3.63) is 34.3 Å². The summed E-state index contributed by atoms with van der Waals surface area (Å²) in [5, 5.41) is 0.474. The van der Waals surface area contributed by atoms with Crippen molar-refractivity contribution in [2.75, 3.05) is 6.61 Å². The van der Waals surface area contributed by atoms with Gasteiger partial charge in [-0.15, -0.1) is 0 Å². The molecule has 100 valence electrons. The third-order valence-electron chi connectivity index (χ3n) is 2.21. The van der Waals surface area contributed by atoms with Gasteiger partial charge in [-0.3, -0.25) is 4.79 Å². The highest BCUT2D eigenvalue weighted by Gasteiger charge is 2.12. The normalized spacial score (nSPS) is 10.2. The van der Waals surface area contributed by atoms with Crippen molar-refractivity contribution < 1.29 is 14.3 Å². The number of nitrogens with zero attached hydrogens (tertiary/aromatic N) is 1. The van der Waals surface area contributed by atoms with Gasteiger partial charge in [0.1, 0.15) is 4.88 Å². The summed E-state index contributed by atoms with van der Waals surface area (Å²) < 4.78 is 11.2. The first-order valence-corrected chi connectivity index (χ1v) is 6.95. The zero-order chi connectivity index (χ0) is 13.7. The smallest absolute Gasteiger partial charge is 0.281 e. The number of aldehydes is 1. The Morgan fingerprint density at radius 3 is 2.74 bits per heavy atom. The van der Waals surface area contributed by atoms with E-state index in [-0.39, 0.29) is 5.15 Å². The SMILES string of the molecule is CCCOc1ccccc1Oc1nc(Cl)c(C=O)s1. The second-order valence-electron chi connectivity index (χ2n) is 3.65. The van der Waals surface area contributed by atoms with E-state index in [4.69, 9.17) is 21.1 Å². The maximum Gasteiger partial charge on any atom is 0.281 e. The van der Waals surface area contributed by atoms with Crippen LogP contribution in [0.15, 0.2) is 24.3 Å². The van der Waals surface area contributed by atoms with E-state index in [9.17, 15) is 4.79 Å². The van der Waals surface area contributed by atoms with Gasteiger partial charge in [0.25, 0.3) is 5.19 Å². The Kier molecular flexibility index (Phi) is 4.76. The standard InChI is InChI=1S/C13H12ClNO3S/c1-2-7-17-9-5-3-4-6-10(9)18-13-15-12(14)11(8-16)19-13/h3-6,8H,2,7H2,1H3. The molecular weight excluding hydrogens is 286 g/mol. The summed E-state index contributed by atoms with van der Waals surface area (Å²) in [6.45, 7) is 2.64. The molecule has 1 aromatic carbocycles. The van der Waals surface area contributed by atoms with Gasteiger partial charge in [-0.25, -0.2) is 0 Å². The van der Waals surface area contributed by atoms with E-state index < -0.39 is 0 Å². The Labute approximate surface area is 120 Å². The predicted octanol–water partition coefficient (Wildman–Crippen LogP) is 4.19. The lowest BCUT2D eigenvalue weighted by Crippen LogP contribution is -1.97. The van der Waals surface area contributed by atoms with E-state index in [0.717, 1.165) is 17.8 Å². The van der Waals surface area contributed by atoms with Crippen LogP contribution >= 0.6 is 22.9 Å². The molecule has 0 atom stereocenters. The number of carbonyl (C=O) groups is 1. The number of aromatic nitrogens is 1. The first-order valence-electron chi connectivity index (χ1n) is 5.75. The average Bonchev–Trinajstić information content (AvgIpc) is 2.78. The van der Waals surface area contributed by atoms with Crippen molar-refractivity contribution in [2.45, 2.75) is 13.3 Å². The minimum atomic E-state index is 0.155. The van der Waals surface area contributed by atoms with Gasteiger partial charge in [0.15, 0.2) is 22.9 Å². The highest BCUT2D eigenvalue weighted by molar-refractivity contribution is 7.15. The summed E-state index contributed by atoms with van der Waals surface area (Å²) >= 11 is 6.89. The number of thiazole rings is 1. The molecule has 4 nitrogen and oxygen atoms in total. The molecule has 2 rings (SSSR count). The Hall–Kier alpha value is -1.59. The lowest BCUT2D eigenvalue weighted by atomic mass is 10.3. The molecule has 0 aliphatic rings. The van der Waals surface area contributed by atoms with Gasteiger partial charge >= 0.3 is 0 Å². The number of rotatable bonds is 6. The van der Waals surface area contributed by atoms with Crippen molar-refractivity contribution in [1.82, 2.24) is 4.98 Å². The van der Waals surface area contributed by atoms with Crippen molar-refractivity contribution in [3.8, 4) is 16.7 Å². The summed E-state index contributed by atoms with van der Waals surface area (Å²) in [4.78, 5) is 15.0. The Balaban J connectivity index is 2.19. The zero-order valence-electron chi connectivity index (χ0n) is 10.3. The highest BCUT2D eigenvalue weighted by Crippen LogP contribution is 2.35. The van der Waals surface area contributed by atoms with Crippen LogP contribution in [0.25, 0.3) is 0 Å². The number of benzene rings is 1. The summed E-state index contributed by atoms with van der Waals surface area (Å²) in [7, 11) is 0. The molecule has 19 heavy (non-hydrogen) atoms. The van der Waals surface area contributed by atoms with Gasteiger partial charge in [0.2, 0.25) is 0 Å². The fourth-order valence-corrected chi connectivity index (χ4v) is 2.29. The monoisotopic (exact) mass is 297 g/mol. The van der Waals surface area contributed by atoms with Crippen LogP contribution in [-0.4, -0.2) is 17.9 Å². The summed E-state index contributed by atoms with van der Waals surface area (Å²) in [5.41, 5.74) is 0. The van der Waals surface area contributed by atoms with Crippen LogP contribution in [0.5, 0.6) is 16.7 Å². The van der Waals surface area contributed by atoms with Crippen molar-refractivity contribution in [3.63, 3.8) is 0 Å². The predicted molar refractivity (Wildman–Crippen MR) is 74.8 cm³/mol. The van der Waals surface area contributed by atoms with E-state index in [1.54, 1.807) is 6.07 Å². The first kappa shape index (κ1) is 13.8. The van der Waals surface area contributed by atoms with Gasteiger partial charge < -0.3 is 9.47 Å². The quantitative estimate of drug-likeness (QED) is 0.750. The molecule has 0 spiro atoms. The van der Waals surface area contributed by atoms with Crippen molar-refractivity contribution >= 4 is 29.2 Å². The summed E-state index contributed by atoms with van der Waals surface area (Å²) in [6.07, 6.45) is 1.57. The van der Waals surface area contributed by atoms with Gasteiger partial charge in [-0.05, 0) is 18.6 Å². The maximum absolute atomic E-state index is 10.7. The Morgan fingerprint density at radius 2 is 2.11 bits per heavy atom. The third-order valence-corrected chi connectivity index (χ3v) is 3.46. The molecule has 0 aliphatic heterocycles. The first-order chi connectivity index (χ1) is 9.24. The summed E-state index contributed by atoms with van der Waals surface area (Å²) in [5.74, 6) is 1.20. The van der Waals surface area contributed by atoms with Gasteiger partial charge in [-0.2, -0.15) is 4.98 Å². The van der Waals surface area contributed by atoms with Crippen LogP contribution in [0.2, 0.25) is 5.15 Å². The fraction of sp³-hybridized carbons (Fsp3) is 0.231. The fourth-order valence-electron chi connectivity index (χ4n) is 1.37. The highest BCUT2D eigenvalue weighted by atomic mass is 35.5. The molecule has 0 saturated heterocycles. The number of carbonyl (C=O) groups excluding carboxylic acids is 1. The molecule has 0 unspecified atom stereocenters. The molecule has 0 fully saturated rings. The number of hydrogen-bond acceptors (Lipinski definition) is 5. The van der Waals surface area contributed by atoms with Crippen LogP contribution in [0.4, 0.5) is 0 Å². The molecular formula is C13H12ClNO3S. The number of halogens is 1. The van der Waals surface area contributed by atoms with Crippen LogP contribution < -0.4 is 9.47 Å². The second kappa shape index (κ2) is 6.54. The van der Waals surface area contributed by atoms with Crippen LogP contribution in [0, 0.1) is 0 Å². The molecule has 6 heteroatoms. The molecule has 0 aliphatic carbocycles. The Morgan fingerprint density at radius 1 is 1.37 bits per heavy atom. The minimum Gasteiger partial charge on any atom is -0.490 e. The number of para-hydroxylation sites is 2. The van der Waals surface area contributed by atoms with Crippen LogP contribution in [0.3, 0.4) is 0 Å². The topological polar surface area (TPSA) is 48.4 Å². The van der Waals surface area contributed by atoms with E-state index in [1.807, 2.05) is 25.1 Å². The van der Waals surface area contributed by atoms with E-state index in [2.05, 4.69) is 4.98 Å². The lowest BCUT2D eigenvalue weighted by molar-refractivity contribution is 0.112. The number of hydrogen-bond donors (Lipinski definition) is 0. The largest absolute Gasteiger partial charge is 0.490 e. The minimum absolute atomic E-state index is 0.155. The molecule has 0 radical (unpaired) electrons. The second-order valence-corrected chi connectivity index (χ2v) is 5.00. The average molecular weight is 298 g/mol. The van der Waals surface area contributed by atoms with Crippen molar-refractivity contribution in [1.29, 1.82) is 0 Å². The van der Waals surface area contributed by atoms with E-state index in [1.165, 1.54) is 0 Å². The summed E-state index contributed by atoms with van der Waals surface area (Å²) in [6, 6.07) is 7.30. The third kappa shape index (κ3) is 3.45. The van der Waals surface area contributed by atoms with E-state index >= 15 is 0 Å². The molecule has 2 aromatic rings. The molecule has 0 N–H and O–H groups in total. The molecule has 0 saturated carbocycles. The number of ether oxygens (including phenoxy) is 2. The maximum atomic E-state index is 10.7. The molecule has 0 amide bonds. The lowest BCUT2D eigenvalue weighted by Gasteiger charge is -2.09. The van der Waals surface area contributed by atoms with Crippen LogP contribution in [0.1, 0.15) is 23.0 Å². The Bertz CT molecular complexity index is 571. The van der Waals surface area contributed by atoms with Crippen LogP contribution in [-0.2, 0) is 0 Å². The molecule has 1 heterocycles. The van der Waals surface area contributed by atoms with Crippen molar-refractivity contribution in [2.24, 2.45) is 0 Å². The molecule has 0 bridgehead atoms.